The third-order valence-electron chi connectivity index (χ3n) is 8.28. The Balaban J connectivity index is 1.26. The molecule has 0 bridgehead atoms. The lowest BCUT2D eigenvalue weighted by atomic mass is 9.91. The molecule has 0 aliphatic rings. The summed E-state index contributed by atoms with van der Waals surface area (Å²) in [6.45, 7) is 1.59. The Morgan fingerprint density at radius 2 is 1.42 bits per heavy atom. The van der Waals surface area contributed by atoms with Crippen molar-refractivity contribution in [3.63, 3.8) is 0 Å². The number of nitrogens with one attached hydrogen (secondary N) is 3. The number of aromatic nitrogens is 1. The van der Waals surface area contributed by atoms with Gasteiger partial charge in [-0.15, -0.1) is 0 Å². The van der Waals surface area contributed by atoms with Crippen molar-refractivity contribution in [1.82, 2.24) is 15.6 Å². The Kier molecular flexibility index (Phi) is 8.20. The van der Waals surface area contributed by atoms with E-state index in [2.05, 4.69) is 21.7 Å². The van der Waals surface area contributed by atoms with Gasteiger partial charge < -0.3 is 26.1 Å². The number of primary amides is 1. The maximum atomic E-state index is 13.9. The quantitative estimate of drug-likeness (QED) is 0.146. The molecule has 6 rings (SSSR count). The highest BCUT2D eigenvalue weighted by Crippen LogP contribution is 2.29. The SMILES string of the molecule is CC(Cc1ccccc1)(NC(=O)C(Cc1c[nH]c2ccccc12)NC(=O)OCc1c2ccccc2cc2ccccc12)C(N)=O. The summed E-state index contributed by atoms with van der Waals surface area (Å²) in [4.78, 5) is 43.1. The Hall–Kier alpha value is -5.63. The van der Waals surface area contributed by atoms with E-state index in [9.17, 15) is 14.4 Å². The van der Waals surface area contributed by atoms with Crippen LogP contribution in [0.1, 0.15) is 23.6 Å². The highest BCUT2D eigenvalue weighted by molar-refractivity contribution is 6.02. The second-order valence-electron chi connectivity index (χ2n) is 11.5. The van der Waals surface area contributed by atoms with E-state index in [4.69, 9.17) is 10.5 Å². The molecule has 0 aliphatic carbocycles. The minimum atomic E-state index is -1.40. The second-order valence-corrected chi connectivity index (χ2v) is 11.5. The summed E-state index contributed by atoms with van der Waals surface area (Å²) >= 11 is 0. The molecule has 226 valence electrons. The van der Waals surface area contributed by atoms with Crippen molar-refractivity contribution < 1.29 is 19.1 Å². The van der Waals surface area contributed by atoms with Crippen LogP contribution in [0.2, 0.25) is 0 Å². The molecule has 0 fully saturated rings. The van der Waals surface area contributed by atoms with Crippen molar-refractivity contribution in [3.05, 3.63) is 132 Å². The number of carbonyl (C=O) groups is 3. The molecule has 0 saturated carbocycles. The zero-order valence-corrected chi connectivity index (χ0v) is 24.9. The van der Waals surface area contributed by atoms with Crippen LogP contribution in [0.5, 0.6) is 0 Å². The van der Waals surface area contributed by atoms with Gasteiger partial charge in [-0.1, -0.05) is 97.1 Å². The molecule has 0 spiro atoms. The Morgan fingerprint density at radius 1 is 0.822 bits per heavy atom. The van der Waals surface area contributed by atoms with Crippen LogP contribution in [0.3, 0.4) is 0 Å². The molecule has 3 amide bonds. The molecule has 8 nitrogen and oxygen atoms in total. The first kappa shape index (κ1) is 29.4. The smallest absolute Gasteiger partial charge is 0.408 e. The van der Waals surface area contributed by atoms with Gasteiger partial charge in [0.15, 0.2) is 0 Å². The molecule has 5 N–H and O–H groups in total. The zero-order chi connectivity index (χ0) is 31.4. The predicted molar refractivity (Wildman–Crippen MR) is 176 cm³/mol. The number of nitrogens with two attached hydrogens (primary N) is 1. The molecule has 1 heterocycles. The number of alkyl carbamates (subject to hydrolysis) is 1. The average molecular weight is 599 g/mol. The molecule has 0 saturated heterocycles. The number of H-pyrrole nitrogens is 1. The number of ether oxygens (including phenoxy) is 1. The minimum Gasteiger partial charge on any atom is -0.445 e. The van der Waals surface area contributed by atoms with Gasteiger partial charge in [0.05, 0.1) is 0 Å². The second kappa shape index (κ2) is 12.5. The monoisotopic (exact) mass is 598 g/mol. The van der Waals surface area contributed by atoms with Crippen molar-refractivity contribution in [3.8, 4) is 0 Å². The lowest BCUT2D eigenvalue weighted by Crippen LogP contribution is -2.61. The summed E-state index contributed by atoms with van der Waals surface area (Å²) in [6.07, 6.45) is 1.41. The van der Waals surface area contributed by atoms with Gasteiger partial charge in [0.1, 0.15) is 18.2 Å². The fourth-order valence-electron chi connectivity index (χ4n) is 5.87. The third kappa shape index (κ3) is 6.35. The van der Waals surface area contributed by atoms with Gasteiger partial charge in [-0.3, -0.25) is 9.59 Å². The number of para-hydroxylation sites is 1. The van der Waals surface area contributed by atoms with Crippen molar-refractivity contribution in [2.75, 3.05) is 0 Å². The predicted octanol–water partition coefficient (Wildman–Crippen LogP) is 5.91. The number of amides is 3. The summed E-state index contributed by atoms with van der Waals surface area (Å²) in [6, 6.07) is 34.0. The van der Waals surface area contributed by atoms with Gasteiger partial charge in [0, 0.05) is 35.5 Å². The van der Waals surface area contributed by atoms with Crippen LogP contribution in [0, 0.1) is 0 Å². The number of rotatable bonds is 10. The Labute approximate surface area is 260 Å². The number of hydrogen-bond acceptors (Lipinski definition) is 4. The molecule has 1 aromatic heterocycles. The molecular weight excluding hydrogens is 564 g/mol. The maximum absolute atomic E-state index is 13.9. The van der Waals surface area contributed by atoms with E-state index < -0.39 is 29.5 Å². The van der Waals surface area contributed by atoms with Gasteiger partial charge in [0.25, 0.3) is 0 Å². The van der Waals surface area contributed by atoms with Crippen molar-refractivity contribution in [2.24, 2.45) is 5.73 Å². The molecule has 8 heteroatoms. The van der Waals surface area contributed by atoms with Crippen molar-refractivity contribution in [2.45, 2.75) is 38.0 Å². The summed E-state index contributed by atoms with van der Waals surface area (Å²) in [5, 5.41) is 10.6. The molecule has 0 aliphatic heterocycles. The highest BCUT2D eigenvalue weighted by atomic mass is 16.5. The third-order valence-corrected chi connectivity index (χ3v) is 8.28. The molecule has 0 radical (unpaired) electrons. The fourth-order valence-corrected chi connectivity index (χ4v) is 5.87. The van der Waals surface area contributed by atoms with Gasteiger partial charge >= 0.3 is 6.09 Å². The number of carbonyl (C=O) groups excluding carboxylic acids is 3. The highest BCUT2D eigenvalue weighted by Gasteiger charge is 2.36. The maximum Gasteiger partial charge on any atom is 0.408 e. The van der Waals surface area contributed by atoms with Crippen LogP contribution in [0.25, 0.3) is 32.4 Å². The summed E-state index contributed by atoms with van der Waals surface area (Å²) in [5.41, 5.74) is 7.86. The number of aromatic amines is 1. The largest absolute Gasteiger partial charge is 0.445 e. The molecular formula is C37H34N4O4. The standard InChI is InChI=1S/C37H34N4O4/c1-37(35(38)43,21-24-11-3-2-4-12-24)41-34(42)33(20-27-22-39-32-18-10-9-17-30(27)32)40-36(44)45-23-31-28-15-7-5-13-25(28)19-26-14-6-8-16-29(26)31/h2-19,22,33,39H,20-21,23H2,1H3,(H2,38,43)(H,40,44)(H,41,42). The van der Waals surface area contributed by atoms with E-state index in [-0.39, 0.29) is 19.4 Å². The van der Waals surface area contributed by atoms with Crippen LogP contribution in [-0.4, -0.2) is 34.5 Å². The molecule has 2 unspecified atom stereocenters. The zero-order valence-electron chi connectivity index (χ0n) is 24.9. The van der Waals surface area contributed by atoms with Crippen LogP contribution in [0.15, 0.2) is 115 Å². The fraction of sp³-hybridized carbons (Fsp3) is 0.162. The van der Waals surface area contributed by atoms with Gasteiger partial charge in [-0.25, -0.2) is 4.79 Å². The first-order chi connectivity index (χ1) is 21.8. The van der Waals surface area contributed by atoms with Crippen LogP contribution < -0.4 is 16.4 Å². The summed E-state index contributed by atoms with van der Waals surface area (Å²) < 4.78 is 5.78. The minimum absolute atomic E-state index is 0.00212. The van der Waals surface area contributed by atoms with E-state index in [1.54, 1.807) is 6.92 Å². The summed E-state index contributed by atoms with van der Waals surface area (Å²) in [5.74, 6) is -1.24. The van der Waals surface area contributed by atoms with E-state index in [0.29, 0.717) is 0 Å². The first-order valence-electron chi connectivity index (χ1n) is 14.8. The lowest BCUT2D eigenvalue weighted by molar-refractivity contribution is -0.132. The van der Waals surface area contributed by atoms with E-state index in [0.717, 1.165) is 49.1 Å². The van der Waals surface area contributed by atoms with E-state index in [1.807, 2.05) is 109 Å². The molecule has 2 atom stereocenters. The van der Waals surface area contributed by atoms with Crippen molar-refractivity contribution in [1.29, 1.82) is 0 Å². The van der Waals surface area contributed by atoms with E-state index >= 15 is 0 Å². The topological polar surface area (TPSA) is 126 Å². The lowest BCUT2D eigenvalue weighted by Gasteiger charge is -2.30. The number of benzene rings is 5. The molecule has 6 aromatic rings. The van der Waals surface area contributed by atoms with Crippen LogP contribution in [0.4, 0.5) is 4.79 Å². The molecule has 5 aromatic carbocycles. The van der Waals surface area contributed by atoms with Crippen molar-refractivity contribution >= 4 is 50.4 Å². The van der Waals surface area contributed by atoms with Gasteiger partial charge in [-0.2, -0.15) is 0 Å². The normalized spacial score (nSPS) is 13.3. The van der Waals surface area contributed by atoms with Gasteiger partial charge in [-0.05, 0) is 51.7 Å². The first-order valence-corrected chi connectivity index (χ1v) is 14.8. The summed E-state index contributed by atoms with van der Waals surface area (Å²) in [7, 11) is 0. The van der Waals surface area contributed by atoms with E-state index in [1.165, 1.54) is 0 Å². The van der Waals surface area contributed by atoms with Gasteiger partial charge in [0.2, 0.25) is 11.8 Å². The van der Waals surface area contributed by atoms with Crippen LogP contribution in [-0.2, 0) is 33.8 Å². The number of hydrogen-bond donors (Lipinski definition) is 4. The van der Waals surface area contributed by atoms with Crippen LogP contribution >= 0.6 is 0 Å². The average Bonchev–Trinajstić information content (AvgIpc) is 3.45. The number of fused-ring (bicyclic) bond motifs is 3. The molecule has 45 heavy (non-hydrogen) atoms. The Morgan fingerprint density at radius 3 is 2.09 bits per heavy atom. The Bertz CT molecular complexity index is 1970.